The summed E-state index contributed by atoms with van der Waals surface area (Å²) >= 11 is 0. The molecule has 0 aliphatic carbocycles. The minimum Gasteiger partial charge on any atom is -0.477 e. The standard InChI is InChI=1S/C15H20N2O4/c1-10-5-3-6-11(2)16(10)9-12-7-4-8-13(17(20)21)14(12)15(18)19/h4,7-8,10-11H,3,5-6,9H2,1-2H3,(H,18,19)/t10-,11+. The number of aromatic carboxylic acids is 1. The van der Waals surface area contributed by atoms with Gasteiger partial charge in [-0.05, 0) is 32.3 Å². The molecule has 0 bridgehead atoms. The number of piperidine rings is 1. The van der Waals surface area contributed by atoms with Gasteiger partial charge in [-0.3, -0.25) is 15.0 Å². The van der Waals surface area contributed by atoms with E-state index in [-0.39, 0.29) is 11.3 Å². The Balaban J connectivity index is 2.37. The second kappa shape index (κ2) is 6.22. The first-order valence-corrected chi connectivity index (χ1v) is 7.17. The van der Waals surface area contributed by atoms with Gasteiger partial charge in [0.05, 0.1) is 4.92 Å². The zero-order valence-corrected chi connectivity index (χ0v) is 12.3. The highest BCUT2D eigenvalue weighted by molar-refractivity contribution is 5.94. The van der Waals surface area contributed by atoms with Crippen LogP contribution in [-0.4, -0.2) is 33.0 Å². The van der Waals surface area contributed by atoms with Crippen LogP contribution in [0.5, 0.6) is 0 Å². The van der Waals surface area contributed by atoms with Crippen LogP contribution in [0.1, 0.15) is 49.0 Å². The predicted octanol–water partition coefficient (Wildman–Crippen LogP) is 3.06. The Bertz CT molecular complexity index is 549. The van der Waals surface area contributed by atoms with E-state index in [0.29, 0.717) is 24.2 Å². The molecule has 2 rings (SSSR count). The molecule has 1 fully saturated rings. The van der Waals surface area contributed by atoms with Gasteiger partial charge in [-0.1, -0.05) is 18.6 Å². The van der Waals surface area contributed by atoms with Crippen LogP contribution in [0.15, 0.2) is 18.2 Å². The molecular formula is C15H20N2O4. The summed E-state index contributed by atoms with van der Waals surface area (Å²) in [6, 6.07) is 5.18. The molecule has 1 saturated heterocycles. The zero-order valence-electron chi connectivity index (χ0n) is 12.3. The molecule has 114 valence electrons. The van der Waals surface area contributed by atoms with Gasteiger partial charge in [0, 0.05) is 24.7 Å². The van der Waals surface area contributed by atoms with E-state index in [2.05, 4.69) is 18.7 Å². The van der Waals surface area contributed by atoms with E-state index >= 15 is 0 Å². The van der Waals surface area contributed by atoms with Crippen molar-refractivity contribution in [2.45, 2.75) is 51.7 Å². The molecule has 1 aromatic rings. The number of hydrogen-bond acceptors (Lipinski definition) is 4. The van der Waals surface area contributed by atoms with E-state index in [0.717, 1.165) is 12.8 Å². The number of carbonyl (C=O) groups is 1. The number of nitro groups is 1. The van der Waals surface area contributed by atoms with Crippen molar-refractivity contribution in [1.82, 2.24) is 4.90 Å². The lowest BCUT2D eigenvalue weighted by molar-refractivity contribution is -0.385. The molecule has 0 aromatic heterocycles. The Labute approximate surface area is 123 Å². The summed E-state index contributed by atoms with van der Waals surface area (Å²) in [4.78, 5) is 24.1. The fraction of sp³-hybridized carbons (Fsp3) is 0.533. The molecule has 1 aliphatic rings. The van der Waals surface area contributed by atoms with E-state index < -0.39 is 10.9 Å². The molecule has 0 unspecified atom stereocenters. The number of nitrogens with zero attached hydrogens (tertiary/aromatic N) is 2. The molecule has 1 N–H and O–H groups in total. The highest BCUT2D eigenvalue weighted by atomic mass is 16.6. The smallest absolute Gasteiger partial charge is 0.343 e. The molecule has 6 nitrogen and oxygen atoms in total. The molecule has 0 spiro atoms. The first kappa shape index (κ1) is 15.4. The minimum atomic E-state index is -1.24. The largest absolute Gasteiger partial charge is 0.477 e. The van der Waals surface area contributed by atoms with Gasteiger partial charge < -0.3 is 5.11 Å². The number of benzene rings is 1. The van der Waals surface area contributed by atoms with Crippen molar-refractivity contribution in [3.8, 4) is 0 Å². The van der Waals surface area contributed by atoms with Crippen LogP contribution >= 0.6 is 0 Å². The Morgan fingerprint density at radius 1 is 1.38 bits per heavy atom. The van der Waals surface area contributed by atoms with Crippen molar-refractivity contribution in [1.29, 1.82) is 0 Å². The van der Waals surface area contributed by atoms with E-state index in [1.165, 1.54) is 12.5 Å². The fourth-order valence-corrected chi connectivity index (χ4v) is 3.10. The minimum absolute atomic E-state index is 0.188. The van der Waals surface area contributed by atoms with Gasteiger partial charge in [0.15, 0.2) is 0 Å². The summed E-state index contributed by atoms with van der Waals surface area (Å²) in [5, 5.41) is 20.4. The average Bonchev–Trinajstić information content (AvgIpc) is 2.42. The third kappa shape index (κ3) is 3.21. The van der Waals surface area contributed by atoms with Crippen LogP contribution in [0.2, 0.25) is 0 Å². The SMILES string of the molecule is C[C@@H]1CCC[C@H](C)N1Cc1cccc([N+](=O)[O-])c1C(=O)O. The summed E-state index contributed by atoms with van der Waals surface area (Å²) < 4.78 is 0. The van der Waals surface area contributed by atoms with Crippen molar-refractivity contribution in [3.05, 3.63) is 39.4 Å². The number of carboxylic acids is 1. The van der Waals surface area contributed by atoms with E-state index in [9.17, 15) is 20.0 Å². The Morgan fingerprint density at radius 2 is 2.00 bits per heavy atom. The second-order valence-electron chi connectivity index (χ2n) is 5.67. The van der Waals surface area contributed by atoms with Crippen LogP contribution in [0.25, 0.3) is 0 Å². The average molecular weight is 292 g/mol. The quantitative estimate of drug-likeness (QED) is 0.681. The topological polar surface area (TPSA) is 83.7 Å². The Hall–Kier alpha value is -1.95. The van der Waals surface area contributed by atoms with Crippen molar-refractivity contribution < 1.29 is 14.8 Å². The maximum atomic E-state index is 11.4. The van der Waals surface area contributed by atoms with E-state index in [4.69, 9.17) is 0 Å². The molecule has 6 heteroatoms. The highest BCUT2D eigenvalue weighted by Gasteiger charge is 2.29. The second-order valence-corrected chi connectivity index (χ2v) is 5.67. The molecule has 0 radical (unpaired) electrons. The van der Waals surface area contributed by atoms with Gasteiger partial charge in [-0.2, -0.15) is 0 Å². The molecule has 0 amide bonds. The van der Waals surface area contributed by atoms with Crippen molar-refractivity contribution in [2.75, 3.05) is 0 Å². The van der Waals surface area contributed by atoms with Gasteiger partial charge in [0.25, 0.3) is 5.69 Å². The number of nitro benzene ring substituents is 1. The molecule has 1 aliphatic heterocycles. The fourth-order valence-electron chi connectivity index (χ4n) is 3.10. The number of carboxylic acid groups (broad SMARTS) is 1. The third-order valence-corrected chi connectivity index (χ3v) is 4.27. The van der Waals surface area contributed by atoms with Crippen LogP contribution in [0.4, 0.5) is 5.69 Å². The van der Waals surface area contributed by atoms with Gasteiger partial charge in [-0.25, -0.2) is 4.79 Å². The summed E-state index contributed by atoms with van der Waals surface area (Å²) in [7, 11) is 0. The lowest BCUT2D eigenvalue weighted by atomic mass is 9.95. The maximum absolute atomic E-state index is 11.4. The van der Waals surface area contributed by atoms with Crippen molar-refractivity contribution in [3.63, 3.8) is 0 Å². The lowest BCUT2D eigenvalue weighted by Crippen LogP contribution is -2.43. The molecular weight excluding hydrogens is 272 g/mol. The Morgan fingerprint density at radius 3 is 2.52 bits per heavy atom. The first-order chi connectivity index (χ1) is 9.91. The van der Waals surface area contributed by atoms with Gasteiger partial charge in [0.1, 0.15) is 5.56 Å². The summed E-state index contributed by atoms with van der Waals surface area (Å²) in [5.74, 6) is -1.24. The summed E-state index contributed by atoms with van der Waals surface area (Å²) in [6.07, 6.45) is 3.31. The lowest BCUT2D eigenvalue weighted by Gasteiger charge is -2.39. The van der Waals surface area contributed by atoms with Gasteiger partial charge in [0.2, 0.25) is 0 Å². The summed E-state index contributed by atoms with van der Waals surface area (Å²) in [5.41, 5.74) is -0.0120. The molecule has 21 heavy (non-hydrogen) atoms. The van der Waals surface area contributed by atoms with E-state index in [1.807, 2.05) is 0 Å². The van der Waals surface area contributed by atoms with Crippen LogP contribution in [-0.2, 0) is 6.54 Å². The molecule has 0 saturated carbocycles. The molecule has 2 atom stereocenters. The van der Waals surface area contributed by atoms with Crippen LogP contribution in [0, 0.1) is 10.1 Å². The van der Waals surface area contributed by atoms with E-state index in [1.54, 1.807) is 12.1 Å². The maximum Gasteiger partial charge on any atom is 0.343 e. The highest BCUT2D eigenvalue weighted by Crippen LogP contribution is 2.28. The van der Waals surface area contributed by atoms with Gasteiger partial charge in [-0.15, -0.1) is 0 Å². The molecule has 1 heterocycles. The van der Waals surface area contributed by atoms with Crippen molar-refractivity contribution in [2.24, 2.45) is 0 Å². The van der Waals surface area contributed by atoms with Crippen LogP contribution in [0.3, 0.4) is 0 Å². The zero-order chi connectivity index (χ0) is 15.6. The van der Waals surface area contributed by atoms with Crippen molar-refractivity contribution >= 4 is 11.7 Å². The Kier molecular flexibility index (Phi) is 4.57. The monoisotopic (exact) mass is 292 g/mol. The van der Waals surface area contributed by atoms with Gasteiger partial charge >= 0.3 is 5.97 Å². The predicted molar refractivity (Wildman–Crippen MR) is 78.4 cm³/mol. The number of likely N-dealkylation sites (tertiary alicyclic amines) is 1. The number of rotatable bonds is 4. The number of hydrogen-bond donors (Lipinski definition) is 1. The summed E-state index contributed by atoms with van der Waals surface area (Å²) in [6.45, 7) is 4.67. The third-order valence-electron chi connectivity index (χ3n) is 4.27. The first-order valence-electron chi connectivity index (χ1n) is 7.17. The van der Waals surface area contributed by atoms with Crippen LogP contribution < -0.4 is 0 Å². The molecule has 1 aromatic carbocycles. The normalized spacial score (nSPS) is 23.0.